The number of aromatic nitrogens is 6. The van der Waals surface area contributed by atoms with Crippen LogP contribution >= 0.6 is 11.6 Å². The number of halogens is 1. The van der Waals surface area contributed by atoms with Crippen LogP contribution in [-0.2, 0) is 6.54 Å². The van der Waals surface area contributed by atoms with Crippen LogP contribution in [-0.4, -0.2) is 35.6 Å². The fraction of sp³-hybridized carbons (Fsp3) is 0.111. The molecule has 1 amide bonds. The van der Waals surface area contributed by atoms with E-state index < -0.39 is 5.91 Å². The molecule has 4 aromatic rings. The quantitative estimate of drug-likeness (QED) is 0.542. The van der Waals surface area contributed by atoms with E-state index in [1.54, 1.807) is 24.8 Å². The van der Waals surface area contributed by atoms with Crippen LogP contribution in [0.3, 0.4) is 0 Å². The molecule has 3 N–H and O–H groups in total. The molecule has 1 aromatic carbocycles. The van der Waals surface area contributed by atoms with E-state index >= 15 is 0 Å². The van der Waals surface area contributed by atoms with Crippen molar-refractivity contribution in [3.8, 4) is 5.82 Å². The average molecular weight is 395 g/mol. The highest BCUT2D eigenvalue weighted by molar-refractivity contribution is 6.31. The maximum Gasteiger partial charge on any atom is 0.274 e. The topological polar surface area (TPSA) is 125 Å². The second-order valence-corrected chi connectivity index (χ2v) is 6.42. The van der Waals surface area contributed by atoms with E-state index in [0.717, 1.165) is 16.6 Å². The molecule has 0 saturated heterocycles. The van der Waals surface area contributed by atoms with Crippen LogP contribution in [0.4, 0.5) is 5.82 Å². The molecule has 3 aromatic heterocycles. The van der Waals surface area contributed by atoms with Crippen LogP contribution in [0, 0.1) is 6.92 Å². The highest BCUT2D eigenvalue weighted by Gasteiger charge is 2.18. The maximum atomic E-state index is 12.6. The van der Waals surface area contributed by atoms with Gasteiger partial charge >= 0.3 is 0 Å². The van der Waals surface area contributed by atoms with Gasteiger partial charge < -0.3 is 11.1 Å². The van der Waals surface area contributed by atoms with E-state index in [0.29, 0.717) is 5.52 Å². The minimum absolute atomic E-state index is 0.0264. The van der Waals surface area contributed by atoms with Crippen molar-refractivity contribution >= 4 is 34.4 Å². The highest BCUT2D eigenvalue weighted by Crippen LogP contribution is 2.20. The van der Waals surface area contributed by atoms with Crippen molar-refractivity contribution in [3.63, 3.8) is 0 Å². The van der Waals surface area contributed by atoms with Gasteiger partial charge in [-0.1, -0.05) is 23.7 Å². The van der Waals surface area contributed by atoms with Crippen LogP contribution in [0.1, 0.15) is 21.6 Å². The number of amides is 1. The smallest absolute Gasteiger partial charge is 0.274 e. The predicted octanol–water partition coefficient (Wildman–Crippen LogP) is 2.08. The lowest BCUT2D eigenvalue weighted by Crippen LogP contribution is -2.26. The Balaban J connectivity index is 1.57. The number of nitrogens with one attached hydrogen (secondary N) is 1. The number of hydrogen-bond acceptors (Lipinski definition) is 7. The summed E-state index contributed by atoms with van der Waals surface area (Å²) in [6, 6.07) is 5.57. The Morgan fingerprint density at radius 1 is 1.25 bits per heavy atom. The minimum Gasteiger partial charge on any atom is -0.382 e. The standard InChI is InChI=1S/C18H15ClN8O/c1-10-7-24-27(9-10)17-15(19)25-14(16(20)26-17)18(28)23-8-11-3-2-4-12-13(11)22-6-5-21-12/h2-7,9H,8H2,1H3,(H2,20,26)(H,23,28). The number of aryl methyl sites for hydroxylation is 1. The van der Waals surface area contributed by atoms with E-state index in [9.17, 15) is 4.79 Å². The third kappa shape index (κ3) is 3.35. The summed E-state index contributed by atoms with van der Waals surface area (Å²) in [6.45, 7) is 2.11. The van der Waals surface area contributed by atoms with Crippen LogP contribution < -0.4 is 11.1 Å². The number of carbonyl (C=O) groups excluding carboxylic acids is 1. The summed E-state index contributed by atoms with van der Waals surface area (Å²) in [5.41, 5.74) is 9.09. The van der Waals surface area contributed by atoms with Gasteiger partial charge in [0.25, 0.3) is 5.91 Å². The number of rotatable bonds is 4. The summed E-state index contributed by atoms with van der Waals surface area (Å²) >= 11 is 6.20. The molecule has 0 unspecified atom stereocenters. The van der Waals surface area contributed by atoms with Gasteiger partial charge in [-0.25, -0.2) is 14.6 Å². The van der Waals surface area contributed by atoms with Gasteiger partial charge in [0, 0.05) is 25.1 Å². The first-order valence-corrected chi connectivity index (χ1v) is 8.72. The number of benzene rings is 1. The van der Waals surface area contributed by atoms with Gasteiger partial charge in [0.15, 0.2) is 22.5 Å². The number of nitrogens with two attached hydrogens (primary N) is 1. The molecule has 0 aliphatic carbocycles. The zero-order chi connectivity index (χ0) is 19.7. The Morgan fingerprint density at radius 2 is 2.07 bits per heavy atom. The first-order chi connectivity index (χ1) is 13.5. The first kappa shape index (κ1) is 17.8. The third-order valence-corrected chi connectivity index (χ3v) is 4.28. The van der Waals surface area contributed by atoms with Crippen molar-refractivity contribution < 1.29 is 4.79 Å². The van der Waals surface area contributed by atoms with Crippen LogP contribution in [0.2, 0.25) is 5.15 Å². The van der Waals surface area contributed by atoms with E-state index in [2.05, 4.69) is 30.4 Å². The molecule has 28 heavy (non-hydrogen) atoms. The molecule has 0 radical (unpaired) electrons. The van der Waals surface area contributed by atoms with E-state index in [1.807, 2.05) is 25.1 Å². The molecule has 0 spiro atoms. The molecule has 4 rings (SSSR count). The predicted molar refractivity (Wildman–Crippen MR) is 104 cm³/mol. The van der Waals surface area contributed by atoms with Gasteiger partial charge in [-0.3, -0.25) is 14.8 Å². The lowest BCUT2D eigenvalue weighted by Gasteiger charge is -2.10. The van der Waals surface area contributed by atoms with Gasteiger partial charge in [0.2, 0.25) is 0 Å². The van der Waals surface area contributed by atoms with Crippen molar-refractivity contribution in [1.29, 1.82) is 0 Å². The number of fused-ring (bicyclic) bond motifs is 1. The lowest BCUT2D eigenvalue weighted by molar-refractivity contribution is 0.0946. The molecular weight excluding hydrogens is 380 g/mol. The molecular formula is C18H15ClN8O. The molecule has 9 nitrogen and oxygen atoms in total. The first-order valence-electron chi connectivity index (χ1n) is 8.34. The molecule has 140 valence electrons. The Bertz CT molecular complexity index is 1180. The second kappa shape index (κ2) is 7.20. The molecule has 0 aliphatic rings. The highest BCUT2D eigenvalue weighted by atomic mass is 35.5. The average Bonchev–Trinajstić information content (AvgIpc) is 3.13. The van der Waals surface area contributed by atoms with Gasteiger partial charge in [0.1, 0.15) is 0 Å². The Labute approximate surface area is 164 Å². The molecule has 3 heterocycles. The molecule has 0 saturated carbocycles. The van der Waals surface area contributed by atoms with E-state index in [-0.39, 0.29) is 29.0 Å². The summed E-state index contributed by atoms with van der Waals surface area (Å²) in [5.74, 6) is -0.271. The minimum atomic E-state index is -0.490. The summed E-state index contributed by atoms with van der Waals surface area (Å²) in [5, 5.41) is 6.92. The fourth-order valence-electron chi connectivity index (χ4n) is 2.71. The normalized spacial score (nSPS) is 10.9. The van der Waals surface area contributed by atoms with Crippen molar-refractivity contribution in [1.82, 2.24) is 35.0 Å². The van der Waals surface area contributed by atoms with Crippen LogP contribution in [0.25, 0.3) is 16.9 Å². The second-order valence-electron chi connectivity index (χ2n) is 6.06. The Morgan fingerprint density at radius 3 is 2.86 bits per heavy atom. The SMILES string of the molecule is Cc1cnn(-c2nc(N)c(C(=O)NCc3cccc4nccnc34)nc2Cl)c1. The van der Waals surface area contributed by atoms with E-state index in [1.165, 1.54) is 4.68 Å². The van der Waals surface area contributed by atoms with Crippen LogP contribution in [0.5, 0.6) is 0 Å². The summed E-state index contributed by atoms with van der Waals surface area (Å²) in [6.07, 6.45) is 6.61. The Hall–Kier alpha value is -3.59. The molecule has 10 heteroatoms. The molecule has 0 bridgehead atoms. The van der Waals surface area contributed by atoms with Crippen molar-refractivity contribution in [2.75, 3.05) is 5.73 Å². The zero-order valence-electron chi connectivity index (χ0n) is 14.8. The van der Waals surface area contributed by atoms with Gasteiger partial charge in [-0.15, -0.1) is 0 Å². The number of nitrogen functional groups attached to an aromatic ring is 1. The summed E-state index contributed by atoms with van der Waals surface area (Å²) < 4.78 is 1.46. The van der Waals surface area contributed by atoms with E-state index in [4.69, 9.17) is 17.3 Å². The summed E-state index contributed by atoms with van der Waals surface area (Å²) in [4.78, 5) is 29.4. The molecule has 0 fully saturated rings. The lowest BCUT2D eigenvalue weighted by atomic mass is 10.1. The van der Waals surface area contributed by atoms with Gasteiger partial charge in [0.05, 0.1) is 17.2 Å². The van der Waals surface area contributed by atoms with Crippen LogP contribution in [0.15, 0.2) is 43.0 Å². The van der Waals surface area contributed by atoms with Gasteiger partial charge in [-0.05, 0) is 24.1 Å². The van der Waals surface area contributed by atoms with Crippen molar-refractivity contribution in [2.24, 2.45) is 0 Å². The van der Waals surface area contributed by atoms with Crippen molar-refractivity contribution in [3.05, 3.63) is 65.0 Å². The molecule has 0 aliphatic heterocycles. The number of nitrogens with zero attached hydrogens (tertiary/aromatic N) is 6. The largest absolute Gasteiger partial charge is 0.382 e. The monoisotopic (exact) mass is 394 g/mol. The number of carbonyl (C=O) groups is 1. The fourth-order valence-corrected chi connectivity index (χ4v) is 2.93. The van der Waals surface area contributed by atoms with Gasteiger partial charge in [-0.2, -0.15) is 5.10 Å². The molecule has 0 atom stereocenters. The number of hydrogen-bond donors (Lipinski definition) is 2. The number of anilines is 1. The summed E-state index contributed by atoms with van der Waals surface area (Å²) in [7, 11) is 0. The maximum absolute atomic E-state index is 12.6. The third-order valence-electron chi connectivity index (χ3n) is 4.03. The zero-order valence-corrected chi connectivity index (χ0v) is 15.6. The van der Waals surface area contributed by atoms with Crippen molar-refractivity contribution in [2.45, 2.75) is 13.5 Å². The number of para-hydroxylation sites is 1. The Kier molecular flexibility index (Phi) is 4.58.